The lowest BCUT2D eigenvalue weighted by atomic mass is 9.58. The number of carbonyl (C=O) groups is 1. The van der Waals surface area contributed by atoms with Gasteiger partial charge in [0.15, 0.2) is 11.6 Å². The Kier molecular flexibility index (Phi) is 5.00. The summed E-state index contributed by atoms with van der Waals surface area (Å²) in [5, 5.41) is 10.7. The van der Waals surface area contributed by atoms with Crippen LogP contribution in [0.3, 0.4) is 0 Å². The van der Waals surface area contributed by atoms with Crippen molar-refractivity contribution >= 4 is 16.7 Å². The van der Waals surface area contributed by atoms with E-state index in [-0.39, 0.29) is 29.3 Å². The molecule has 3 aliphatic rings. The molecule has 0 saturated heterocycles. The number of hydrogen-bond acceptors (Lipinski definition) is 6. The van der Waals surface area contributed by atoms with Crippen molar-refractivity contribution in [2.45, 2.75) is 64.4 Å². The molecular weight excluding hydrogens is 436 g/mol. The highest BCUT2D eigenvalue weighted by molar-refractivity contribution is 6.02. The second kappa shape index (κ2) is 7.98. The molecule has 176 valence electrons. The van der Waals surface area contributed by atoms with E-state index in [1.54, 1.807) is 0 Å². The summed E-state index contributed by atoms with van der Waals surface area (Å²) in [6.45, 7) is 6.05. The van der Waals surface area contributed by atoms with Crippen LogP contribution >= 0.6 is 0 Å². The van der Waals surface area contributed by atoms with Crippen molar-refractivity contribution in [3.63, 3.8) is 0 Å². The van der Waals surface area contributed by atoms with Gasteiger partial charge in [-0.3, -0.25) is 9.78 Å². The van der Waals surface area contributed by atoms with Gasteiger partial charge >= 0.3 is 0 Å². The Morgan fingerprint density at radius 2 is 1.94 bits per heavy atom. The fraction of sp³-hybridized carbons (Fsp3) is 0.414. The van der Waals surface area contributed by atoms with E-state index in [0.717, 1.165) is 59.1 Å². The van der Waals surface area contributed by atoms with Crippen LogP contribution in [0.25, 0.3) is 22.3 Å². The lowest BCUT2D eigenvalue weighted by molar-refractivity contribution is -0.121. The van der Waals surface area contributed by atoms with E-state index in [0.29, 0.717) is 11.7 Å². The zero-order valence-corrected chi connectivity index (χ0v) is 20.3. The Hall–Kier alpha value is -3.59. The molecule has 3 atom stereocenters. The number of ether oxygens (including phenoxy) is 1. The summed E-state index contributed by atoms with van der Waals surface area (Å²) in [5.41, 5.74) is 4.31. The summed E-state index contributed by atoms with van der Waals surface area (Å²) in [7, 11) is 0. The highest BCUT2D eigenvalue weighted by Gasteiger charge is 2.50. The van der Waals surface area contributed by atoms with Crippen LogP contribution in [0.4, 0.5) is 0 Å². The standard InChI is InChI=1S/C29H28N4O2/c1-16-13-22(20-9-4-5-10-24(20)31-16)27-32-26-21(28(33-27)35-19-7-6-8-19)11-12-23-17(2)25(34)18(15-30)14-29(23,26)3/h4-5,9-10,13-14,17,19,23H,6-8,11-12H2,1-3H3/t17?,23?,29-/m1/s1. The van der Waals surface area contributed by atoms with Crippen molar-refractivity contribution < 1.29 is 9.53 Å². The average Bonchev–Trinajstić information content (AvgIpc) is 2.83. The first kappa shape index (κ1) is 21.9. The second-order valence-corrected chi connectivity index (χ2v) is 10.4. The number of nitrogens with zero attached hydrogens (tertiary/aromatic N) is 4. The highest BCUT2D eigenvalue weighted by Crippen LogP contribution is 2.51. The zero-order chi connectivity index (χ0) is 24.3. The van der Waals surface area contributed by atoms with Crippen molar-refractivity contribution in [1.82, 2.24) is 15.0 Å². The molecule has 0 aliphatic heterocycles. The van der Waals surface area contributed by atoms with Crippen molar-refractivity contribution in [2.24, 2.45) is 11.8 Å². The SMILES string of the molecule is Cc1cc(-c2nc(OC3CCC3)c3c(n2)[C@]2(C)C=C(C#N)C(=O)C(C)C2CC3)c2ccccc2n1. The minimum Gasteiger partial charge on any atom is -0.474 e. The minimum absolute atomic E-state index is 0.0607. The van der Waals surface area contributed by atoms with Gasteiger partial charge in [0.1, 0.15) is 12.2 Å². The number of carbonyl (C=O) groups excluding carboxylic acids is 1. The third-order valence-corrected chi connectivity index (χ3v) is 8.22. The lowest BCUT2D eigenvalue weighted by Gasteiger charge is -2.45. The van der Waals surface area contributed by atoms with Crippen LogP contribution in [0.5, 0.6) is 5.88 Å². The molecule has 6 heteroatoms. The predicted octanol–water partition coefficient (Wildman–Crippen LogP) is 5.42. The largest absolute Gasteiger partial charge is 0.474 e. The van der Waals surface area contributed by atoms with Gasteiger partial charge in [0, 0.05) is 33.5 Å². The van der Waals surface area contributed by atoms with Gasteiger partial charge in [-0.2, -0.15) is 10.2 Å². The van der Waals surface area contributed by atoms with Crippen LogP contribution in [0.1, 0.15) is 56.5 Å². The minimum atomic E-state index is -0.542. The van der Waals surface area contributed by atoms with E-state index in [1.807, 2.05) is 50.3 Å². The topological polar surface area (TPSA) is 88.8 Å². The van der Waals surface area contributed by atoms with Gasteiger partial charge in [-0.25, -0.2) is 4.98 Å². The van der Waals surface area contributed by atoms with E-state index in [9.17, 15) is 10.1 Å². The number of aryl methyl sites for hydroxylation is 1. The number of ketones is 1. The Labute approximate surface area is 205 Å². The summed E-state index contributed by atoms with van der Waals surface area (Å²) in [5.74, 6) is 1.05. The second-order valence-electron chi connectivity index (χ2n) is 10.4. The molecular formula is C29H28N4O2. The van der Waals surface area contributed by atoms with E-state index in [1.165, 1.54) is 6.42 Å². The molecule has 3 aromatic rings. The molecule has 3 aliphatic carbocycles. The first-order valence-corrected chi connectivity index (χ1v) is 12.5. The fourth-order valence-electron chi connectivity index (χ4n) is 6.10. The third kappa shape index (κ3) is 3.36. The molecule has 0 radical (unpaired) electrons. The number of Topliss-reactive ketones (excluding diaryl/α,β-unsaturated/α-hetero) is 1. The maximum absolute atomic E-state index is 12.8. The summed E-state index contributed by atoms with van der Waals surface area (Å²) in [6.07, 6.45) is 6.89. The Morgan fingerprint density at radius 1 is 1.14 bits per heavy atom. The Morgan fingerprint density at radius 3 is 2.69 bits per heavy atom. The molecule has 35 heavy (non-hydrogen) atoms. The number of para-hydroxylation sites is 1. The molecule has 6 nitrogen and oxygen atoms in total. The molecule has 2 unspecified atom stereocenters. The summed E-state index contributed by atoms with van der Waals surface area (Å²) in [6, 6.07) is 12.2. The van der Waals surface area contributed by atoms with Crippen LogP contribution in [0, 0.1) is 30.1 Å². The number of nitriles is 1. The molecule has 0 N–H and O–H groups in total. The van der Waals surface area contributed by atoms with E-state index in [2.05, 4.69) is 13.0 Å². The smallest absolute Gasteiger partial charge is 0.220 e. The van der Waals surface area contributed by atoms with E-state index < -0.39 is 5.41 Å². The Balaban J connectivity index is 1.61. The quantitative estimate of drug-likeness (QED) is 0.514. The average molecular weight is 465 g/mol. The summed E-state index contributed by atoms with van der Waals surface area (Å²) < 4.78 is 6.46. The molecule has 2 aromatic heterocycles. The number of rotatable bonds is 3. The number of hydrogen-bond donors (Lipinski definition) is 0. The molecule has 6 rings (SSSR count). The summed E-state index contributed by atoms with van der Waals surface area (Å²) in [4.78, 5) is 27.7. The molecule has 1 saturated carbocycles. The van der Waals surface area contributed by atoms with Crippen LogP contribution < -0.4 is 4.74 Å². The van der Waals surface area contributed by atoms with Crippen molar-refractivity contribution in [1.29, 1.82) is 5.26 Å². The molecule has 1 fully saturated rings. The first-order valence-electron chi connectivity index (χ1n) is 12.5. The van der Waals surface area contributed by atoms with Crippen molar-refractivity contribution in [3.05, 3.63) is 58.9 Å². The van der Waals surface area contributed by atoms with Gasteiger partial charge in [0.2, 0.25) is 5.88 Å². The van der Waals surface area contributed by atoms with Gasteiger partial charge in [-0.1, -0.05) is 38.1 Å². The number of aromatic nitrogens is 3. The van der Waals surface area contributed by atoms with Gasteiger partial charge in [-0.15, -0.1) is 0 Å². The maximum atomic E-state index is 12.8. The normalized spacial score (nSPS) is 25.8. The molecule has 0 amide bonds. The number of benzene rings is 1. The number of allylic oxidation sites excluding steroid dienone is 2. The molecule has 2 heterocycles. The molecule has 0 bridgehead atoms. The zero-order valence-electron chi connectivity index (χ0n) is 20.3. The number of fused-ring (bicyclic) bond motifs is 4. The monoisotopic (exact) mass is 464 g/mol. The summed E-state index contributed by atoms with van der Waals surface area (Å²) >= 11 is 0. The molecule has 0 spiro atoms. The van der Waals surface area contributed by atoms with Gasteiger partial charge in [-0.05, 0) is 57.1 Å². The third-order valence-electron chi connectivity index (χ3n) is 8.22. The maximum Gasteiger partial charge on any atom is 0.220 e. The molecule has 1 aromatic carbocycles. The van der Waals surface area contributed by atoms with E-state index in [4.69, 9.17) is 19.7 Å². The van der Waals surface area contributed by atoms with Crippen LogP contribution in [-0.4, -0.2) is 26.8 Å². The predicted molar refractivity (Wildman–Crippen MR) is 133 cm³/mol. The lowest BCUT2D eigenvalue weighted by Crippen LogP contribution is -2.46. The number of pyridine rings is 1. The highest BCUT2D eigenvalue weighted by atomic mass is 16.5. The van der Waals surface area contributed by atoms with Gasteiger partial charge in [0.05, 0.1) is 16.8 Å². The van der Waals surface area contributed by atoms with Gasteiger partial charge < -0.3 is 4.74 Å². The van der Waals surface area contributed by atoms with Crippen molar-refractivity contribution in [3.8, 4) is 23.3 Å². The van der Waals surface area contributed by atoms with Gasteiger partial charge in [0.25, 0.3) is 0 Å². The van der Waals surface area contributed by atoms with Crippen LogP contribution in [0.15, 0.2) is 42.0 Å². The Bertz CT molecular complexity index is 1450. The van der Waals surface area contributed by atoms with Crippen molar-refractivity contribution in [2.75, 3.05) is 0 Å². The van der Waals surface area contributed by atoms with Crippen LogP contribution in [-0.2, 0) is 16.6 Å². The fourth-order valence-corrected chi connectivity index (χ4v) is 6.10. The van der Waals surface area contributed by atoms with Crippen LogP contribution in [0.2, 0.25) is 0 Å². The first-order chi connectivity index (χ1) is 16.9. The van der Waals surface area contributed by atoms with E-state index >= 15 is 0 Å².